The summed E-state index contributed by atoms with van der Waals surface area (Å²) in [6.07, 6.45) is 3.75. The van der Waals surface area contributed by atoms with Gasteiger partial charge >= 0.3 is 0 Å². The smallest absolute Gasteiger partial charge is 0.121 e. The molecule has 0 radical (unpaired) electrons. The Balaban J connectivity index is 2.57. The molecule has 0 unspecified atom stereocenters. The molecule has 0 aromatic heterocycles. The maximum absolute atomic E-state index is 8.76. The van der Waals surface area contributed by atoms with Gasteiger partial charge in [0.25, 0.3) is 0 Å². The predicted octanol–water partition coefficient (Wildman–Crippen LogP) is 3.67. The van der Waals surface area contributed by atoms with Gasteiger partial charge in [0.05, 0.1) is 18.2 Å². The molecule has 0 bridgehead atoms. The van der Waals surface area contributed by atoms with Gasteiger partial charge in [0.2, 0.25) is 0 Å². The van der Waals surface area contributed by atoms with Crippen LogP contribution in [0.1, 0.15) is 18.4 Å². The lowest BCUT2D eigenvalue weighted by molar-refractivity contribution is 0.312. The fourth-order valence-electron chi connectivity index (χ4n) is 1.13. The van der Waals surface area contributed by atoms with Gasteiger partial charge < -0.3 is 4.74 Å². The van der Waals surface area contributed by atoms with Crippen molar-refractivity contribution in [2.45, 2.75) is 12.8 Å². The number of rotatable bonds is 5. The van der Waals surface area contributed by atoms with Crippen LogP contribution in [0.2, 0.25) is 0 Å². The van der Waals surface area contributed by atoms with Crippen molar-refractivity contribution in [2.24, 2.45) is 0 Å². The first kappa shape index (κ1) is 11.8. The van der Waals surface area contributed by atoms with E-state index in [9.17, 15) is 0 Å². The fourth-order valence-corrected chi connectivity index (χ4v) is 1.60. The molecule has 0 N–H and O–H groups in total. The number of unbranched alkanes of at least 4 members (excludes halogenated alkanes) is 1. The van der Waals surface area contributed by atoms with Crippen LogP contribution in [0.3, 0.4) is 0 Å². The standard InChI is InChI=1S/C12H12BrNO/c1-2-3-4-5-15-12-7-10(9-14)6-11(13)8-12/h2,6-8H,1,3-5H2. The van der Waals surface area contributed by atoms with Gasteiger partial charge in [-0.05, 0) is 31.0 Å². The van der Waals surface area contributed by atoms with E-state index >= 15 is 0 Å². The normalized spacial score (nSPS) is 9.33. The van der Waals surface area contributed by atoms with E-state index < -0.39 is 0 Å². The zero-order chi connectivity index (χ0) is 11.1. The highest BCUT2D eigenvalue weighted by atomic mass is 79.9. The summed E-state index contributed by atoms with van der Waals surface area (Å²) in [6, 6.07) is 7.43. The van der Waals surface area contributed by atoms with Crippen LogP contribution in [0, 0.1) is 11.3 Å². The predicted molar refractivity (Wildman–Crippen MR) is 63.8 cm³/mol. The molecular weight excluding hydrogens is 254 g/mol. The lowest BCUT2D eigenvalue weighted by Crippen LogP contribution is -1.96. The van der Waals surface area contributed by atoms with Crippen LogP contribution in [0.4, 0.5) is 0 Å². The van der Waals surface area contributed by atoms with Crippen LogP contribution in [0.25, 0.3) is 0 Å². The van der Waals surface area contributed by atoms with Crippen LogP contribution in [-0.4, -0.2) is 6.61 Å². The third-order valence-electron chi connectivity index (χ3n) is 1.82. The summed E-state index contributed by atoms with van der Waals surface area (Å²) >= 11 is 3.33. The van der Waals surface area contributed by atoms with E-state index in [2.05, 4.69) is 28.6 Å². The Kier molecular flexibility index (Phi) is 4.92. The first-order chi connectivity index (χ1) is 7.26. The maximum Gasteiger partial charge on any atom is 0.121 e. The molecule has 0 fully saturated rings. The third kappa shape index (κ3) is 4.18. The van der Waals surface area contributed by atoms with Crippen molar-refractivity contribution in [3.05, 3.63) is 40.9 Å². The minimum absolute atomic E-state index is 0.600. The quantitative estimate of drug-likeness (QED) is 0.601. The molecule has 0 spiro atoms. The maximum atomic E-state index is 8.76. The number of ether oxygens (including phenoxy) is 1. The molecule has 0 atom stereocenters. The van der Waals surface area contributed by atoms with Crippen LogP contribution < -0.4 is 4.74 Å². The monoisotopic (exact) mass is 265 g/mol. The molecule has 2 nitrogen and oxygen atoms in total. The van der Waals surface area contributed by atoms with Crippen LogP contribution in [-0.2, 0) is 0 Å². The Labute approximate surface area is 98.3 Å². The summed E-state index contributed by atoms with van der Waals surface area (Å²) in [5, 5.41) is 8.76. The van der Waals surface area contributed by atoms with Crippen LogP contribution in [0.15, 0.2) is 35.3 Å². The molecule has 3 heteroatoms. The summed E-state index contributed by atoms with van der Waals surface area (Å²) in [6.45, 7) is 4.29. The summed E-state index contributed by atoms with van der Waals surface area (Å²) < 4.78 is 6.36. The fraction of sp³-hybridized carbons (Fsp3) is 0.250. The van der Waals surface area contributed by atoms with Gasteiger partial charge in [-0.3, -0.25) is 0 Å². The zero-order valence-corrected chi connectivity index (χ0v) is 9.96. The molecule has 0 aliphatic carbocycles. The van der Waals surface area contributed by atoms with E-state index in [1.54, 1.807) is 12.1 Å². The van der Waals surface area contributed by atoms with Crippen LogP contribution >= 0.6 is 15.9 Å². The molecule has 15 heavy (non-hydrogen) atoms. The third-order valence-corrected chi connectivity index (χ3v) is 2.28. The van der Waals surface area contributed by atoms with E-state index in [-0.39, 0.29) is 0 Å². The molecule has 0 saturated carbocycles. The number of hydrogen-bond acceptors (Lipinski definition) is 2. The summed E-state index contributed by atoms with van der Waals surface area (Å²) in [4.78, 5) is 0. The Hall–Kier alpha value is -1.27. The van der Waals surface area contributed by atoms with Crippen molar-refractivity contribution in [3.63, 3.8) is 0 Å². The average Bonchev–Trinajstić information content (AvgIpc) is 2.23. The van der Waals surface area contributed by atoms with Crippen molar-refractivity contribution < 1.29 is 4.74 Å². The molecule has 0 aliphatic rings. The molecule has 1 aromatic rings. The Morgan fingerprint density at radius 1 is 1.47 bits per heavy atom. The second-order valence-electron chi connectivity index (χ2n) is 3.07. The van der Waals surface area contributed by atoms with Gasteiger partial charge in [-0.15, -0.1) is 6.58 Å². The first-order valence-corrected chi connectivity index (χ1v) is 5.50. The van der Waals surface area contributed by atoms with Gasteiger partial charge in [0, 0.05) is 4.47 Å². The Morgan fingerprint density at radius 3 is 2.93 bits per heavy atom. The molecule has 0 saturated heterocycles. The number of hydrogen-bond donors (Lipinski definition) is 0. The van der Waals surface area contributed by atoms with Gasteiger partial charge in [0.1, 0.15) is 5.75 Å². The molecule has 78 valence electrons. The lowest BCUT2D eigenvalue weighted by Gasteiger charge is -2.05. The highest BCUT2D eigenvalue weighted by Crippen LogP contribution is 2.21. The van der Waals surface area contributed by atoms with Crippen molar-refractivity contribution in [1.29, 1.82) is 5.26 Å². The molecule has 0 aliphatic heterocycles. The summed E-state index contributed by atoms with van der Waals surface area (Å²) in [7, 11) is 0. The summed E-state index contributed by atoms with van der Waals surface area (Å²) in [5.41, 5.74) is 0.600. The van der Waals surface area contributed by atoms with E-state index in [1.165, 1.54) is 0 Å². The molecular formula is C12H12BrNO. The molecule has 0 heterocycles. The number of allylic oxidation sites excluding steroid dienone is 1. The largest absolute Gasteiger partial charge is 0.494 e. The van der Waals surface area contributed by atoms with E-state index in [1.807, 2.05) is 12.1 Å². The second-order valence-corrected chi connectivity index (χ2v) is 3.98. The highest BCUT2D eigenvalue weighted by molar-refractivity contribution is 9.10. The Bertz CT molecular complexity index is 382. The topological polar surface area (TPSA) is 33.0 Å². The second kappa shape index (κ2) is 6.26. The van der Waals surface area contributed by atoms with E-state index in [0.29, 0.717) is 12.2 Å². The Morgan fingerprint density at radius 2 is 2.27 bits per heavy atom. The average molecular weight is 266 g/mol. The number of benzene rings is 1. The van der Waals surface area contributed by atoms with Gasteiger partial charge in [0.15, 0.2) is 0 Å². The number of nitrogens with zero attached hydrogens (tertiary/aromatic N) is 1. The van der Waals surface area contributed by atoms with Gasteiger partial charge in [-0.1, -0.05) is 22.0 Å². The number of nitriles is 1. The van der Waals surface area contributed by atoms with E-state index in [0.717, 1.165) is 23.1 Å². The zero-order valence-electron chi connectivity index (χ0n) is 8.37. The van der Waals surface area contributed by atoms with Crippen molar-refractivity contribution in [1.82, 2.24) is 0 Å². The van der Waals surface area contributed by atoms with E-state index in [4.69, 9.17) is 10.00 Å². The van der Waals surface area contributed by atoms with Crippen LogP contribution in [0.5, 0.6) is 5.75 Å². The molecule has 0 amide bonds. The summed E-state index contributed by atoms with van der Waals surface area (Å²) in [5.74, 6) is 0.727. The first-order valence-electron chi connectivity index (χ1n) is 4.70. The minimum Gasteiger partial charge on any atom is -0.494 e. The number of halogens is 1. The molecule has 1 rings (SSSR count). The van der Waals surface area contributed by atoms with Crippen molar-refractivity contribution in [3.8, 4) is 11.8 Å². The van der Waals surface area contributed by atoms with Crippen molar-refractivity contribution >= 4 is 15.9 Å². The van der Waals surface area contributed by atoms with Gasteiger partial charge in [-0.2, -0.15) is 5.26 Å². The van der Waals surface area contributed by atoms with Crippen molar-refractivity contribution in [2.75, 3.05) is 6.61 Å². The minimum atomic E-state index is 0.600. The van der Waals surface area contributed by atoms with Gasteiger partial charge in [-0.25, -0.2) is 0 Å². The SMILES string of the molecule is C=CCCCOc1cc(Br)cc(C#N)c1. The lowest BCUT2D eigenvalue weighted by atomic mass is 10.2. The highest BCUT2D eigenvalue weighted by Gasteiger charge is 1.99. The molecule has 1 aromatic carbocycles.